The number of benzene rings is 2. The van der Waals surface area contributed by atoms with Gasteiger partial charge in [0.15, 0.2) is 0 Å². The Morgan fingerprint density at radius 3 is 2.67 bits per heavy atom. The lowest BCUT2D eigenvalue weighted by molar-refractivity contribution is -0.114. The van der Waals surface area contributed by atoms with E-state index in [0.29, 0.717) is 0 Å². The molecule has 2 nitrogen and oxygen atoms in total. The maximum Gasteiger partial charge on any atom is 0.221 e. The number of hydrogen-bond donors (Lipinski definition) is 1. The van der Waals surface area contributed by atoms with Crippen LogP contribution in [-0.4, -0.2) is 5.91 Å². The lowest BCUT2D eigenvalue weighted by Gasteiger charge is -2.07. The monoisotopic (exact) mass is 311 g/mol. The van der Waals surface area contributed by atoms with Crippen molar-refractivity contribution in [1.29, 1.82) is 0 Å². The quantitative estimate of drug-likeness (QED) is 0.804. The Bertz CT molecular complexity index is 522. The zero-order chi connectivity index (χ0) is 10.8. The van der Waals surface area contributed by atoms with Crippen LogP contribution < -0.4 is 5.32 Å². The van der Waals surface area contributed by atoms with Crippen LogP contribution in [0.3, 0.4) is 0 Å². The number of carbonyl (C=O) groups is 1. The van der Waals surface area contributed by atoms with E-state index in [0.717, 1.165) is 9.26 Å². The molecule has 2 aromatic rings. The summed E-state index contributed by atoms with van der Waals surface area (Å²) in [5, 5.41) is 5.18. The summed E-state index contributed by atoms with van der Waals surface area (Å²) in [6, 6.07) is 12.1. The largest absolute Gasteiger partial charge is 0.325 e. The molecule has 0 unspecified atom stereocenters. The van der Waals surface area contributed by atoms with Gasteiger partial charge in [-0.25, -0.2) is 0 Å². The maximum absolute atomic E-state index is 11.0. The van der Waals surface area contributed by atoms with Crippen LogP contribution >= 0.6 is 22.6 Å². The fraction of sp³-hybridized carbons (Fsp3) is 0.0833. The van der Waals surface area contributed by atoms with Crippen LogP contribution in [0, 0.1) is 3.57 Å². The highest BCUT2D eigenvalue weighted by Gasteiger charge is 2.04. The first kappa shape index (κ1) is 10.4. The lowest BCUT2D eigenvalue weighted by atomic mass is 10.1. The summed E-state index contributed by atoms with van der Waals surface area (Å²) in [4.78, 5) is 11.0. The standard InChI is InChI=1S/C12H10INO/c1-8(15)14-11-7-6-9-4-2-3-5-10(9)12(11)13/h2-7H,1H3,(H,14,15). The van der Waals surface area contributed by atoms with Gasteiger partial charge in [0.25, 0.3) is 0 Å². The fourth-order valence-corrected chi connectivity index (χ4v) is 2.33. The van der Waals surface area contributed by atoms with E-state index in [-0.39, 0.29) is 5.91 Å². The number of nitrogens with one attached hydrogen (secondary N) is 1. The van der Waals surface area contributed by atoms with Crippen LogP contribution in [0.1, 0.15) is 6.92 Å². The molecule has 0 atom stereocenters. The highest BCUT2D eigenvalue weighted by atomic mass is 127. The van der Waals surface area contributed by atoms with Gasteiger partial charge in [0, 0.05) is 10.5 Å². The molecule has 2 rings (SSSR count). The first-order chi connectivity index (χ1) is 7.18. The van der Waals surface area contributed by atoms with Crippen LogP contribution in [0.2, 0.25) is 0 Å². The van der Waals surface area contributed by atoms with E-state index in [1.165, 1.54) is 17.7 Å². The number of anilines is 1. The summed E-state index contributed by atoms with van der Waals surface area (Å²) in [6.45, 7) is 1.52. The minimum atomic E-state index is -0.0387. The number of amides is 1. The molecular weight excluding hydrogens is 301 g/mol. The van der Waals surface area contributed by atoms with Crippen LogP contribution in [0.15, 0.2) is 36.4 Å². The molecule has 0 spiro atoms. The van der Waals surface area contributed by atoms with E-state index in [1.807, 2.05) is 24.3 Å². The van der Waals surface area contributed by atoms with Crippen molar-refractivity contribution >= 4 is 45.0 Å². The SMILES string of the molecule is CC(=O)Nc1ccc2ccccc2c1I. The highest BCUT2D eigenvalue weighted by molar-refractivity contribution is 14.1. The van der Waals surface area contributed by atoms with Crippen molar-refractivity contribution in [2.45, 2.75) is 6.92 Å². The molecule has 0 aliphatic heterocycles. The molecule has 0 bridgehead atoms. The first-order valence-electron chi connectivity index (χ1n) is 4.63. The second-order valence-corrected chi connectivity index (χ2v) is 4.41. The van der Waals surface area contributed by atoms with Gasteiger partial charge in [-0.1, -0.05) is 30.3 Å². The number of fused-ring (bicyclic) bond motifs is 1. The summed E-state index contributed by atoms with van der Waals surface area (Å²) < 4.78 is 1.08. The zero-order valence-corrected chi connectivity index (χ0v) is 10.4. The average Bonchev–Trinajstić information content (AvgIpc) is 2.22. The fourth-order valence-electron chi connectivity index (χ4n) is 1.52. The first-order valence-corrected chi connectivity index (χ1v) is 5.71. The number of carbonyl (C=O) groups excluding carboxylic acids is 1. The predicted molar refractivity (Wildman–Crippen MR) is 71.0 cm³/mol. The zero-order valence-electron chi connectivity index (χ0n) is 8.25. The van der Waals surface area contributed by atoms with E-state index in [9.17, 15) is 4.79 Å². The van der Waals surface area contributed by atoms with E-state index < -0.39 is 0 Å². The number of hydrogen-bond acceptors (Lipinski definition) is 1. The van der Waals surface area contributed by atoms with E-state index in [2.05, 4.69) is 40.0 Å². The molecule has 15 heavy (non-hydrogen) atoms. The van der Waals surface area contributed by atoms with Gasteiger partial charge in [0.2, 0.25) is 5.91 Å². The molecule has 3 heteroatoms. The van der Waals surface area contributed by atoms with E-state index >= 15 is 0 Å². The molecule has 0 radical (unpaired) electrons. The van der Waals surface area contributed by atoms with Crippen molar-refractivity contribution in [3.8, 4) is 0 Å². The minimum absolute atomic E-state index is 0.0387. The van der Waals surface area contributed by atoms with Gasteiger partial charge in [0.1, 0.15) is 0 Å². The molecule has 0 aliphatic rings. The molecule has 76 valence electrons. The third kappa shape index (κ3) is 2.12. The molecular formula is C12H10INO. The van der Waals surface area contributed by atoms with E-state index in [4.69, 9.17) is 0 Å². The normalized spacial score (nSPS) is 10.3. The summed E-state index contributed by atoms with van der Waals surface area (Å²) in [5.74, 6) is -0.0387. The van der Waals surface area contributed by atoms with Crippen molar-refractivity contribution in [3.63, 3.8) is 0 Å². The summed E-state index contributed by atoms with van der Waals surface area (Å²) in [5.41, 5.74) is 0.877. The Kier molecular flexibility index (Phi) is 2.90. The smallest absolute Gasteiger partial charge is 0.221 e. The molecule has 0 saturated carbocycles. The van der Waals surface area contributed by atoms with Crippen LogP contribution in [0.25, 0.3) is 10.8 Å². The van der Waals surface area contributed by atoms with Crippen molar-refractivity contribution in [2.75, 3.05) is 5.32 Å². The lowest BCUT2D eigenvalue weighted by Crippen LogP contribution is -2.07. The Morgan fingerprint density at radius 2 is 1.93 bits per heavy atom. The second-order valence-electron chi connectivity index (χ2n) is 3.33. The Balaban J connectivity index is 2.59. The topological polar surface area (TPSA) is 29.1 Å². The second kappa shape index (κ2) is 4.18. The van der Waals surface area contributed by atoms with Gasteiger partial charge in [-0.2, -0.15) is 0 Å². The molecule has 0 fully saturated rings. The summed E-state index contributed by atoms with van der Waals surface area (Å²) in [6.07, 6.45) is 0. The predicted octanol–water partition coefficient (Wildman–Crippen LogP) is 3.40. The van der Waals surface area contributed by atoms with Crippen molar-refractivity contribution in [1.82, 2.24) is 0 Å². The Morgan fingerprint density at radius 1 is 1.20 bits per heavy atom. The van der Waals surface area contributed by atoms with Crippen LogP contribution in [0.4, 0.5) is 5.69 Å². The van der Waals surface area contributed by atoms with Gasteiger partial charge in [0.05, 0.1) is 5.69 Å². The molecule has 2 aromatic carbocycles. The summed E-state index contributed by atoms with van der Waals surface area (Å²) >= 11 is 2.26. The van der Waals surface area contributed by atoms with Gasteiger partial charge in [-0.3, -0.25) is 4.79 Å². The van der Waals surface area contributed by atoms with Crippen molar-refractivity contribution in [2.24, 2.45) is 0 Å². The van der Waals surface area contributed by atoms with Crippen molar-refractivity contribution in [3.05, 3.63) is 40.0 Å². The molecule has 1 amide bonds. The number of rotatable bonds is 1. The molecule has 0 aromatic heterocycles. The molecule has 0 aliphatic carbocycles. The Hall–Kier alpha value is -1.10. The van der Waals surface area contributed by atoms with Crippen LogP contribution in [0.5, 0.6) is 0 Å². The molecule has 0 saturated heterocycles. The van der Waals surface area contributed by atoms with Gasteiger partial charge < -0.3 is 5.32 Å². The third-order valence-corrected chi connectivity index (χ3v) is 3.34. The van der Waals surface area contributed by atoms with Crippen molar-refractivity contribution < 1.29 is 4.79 Å². The minimum Gasteiger partial charge on any atom is -0.325 e. The van der Waals surface area contributed by atoms with Gasteiger partial charge >= 0.3 is 0 Å². The van der Waals surface area contributed by atoms with Gasteiger partial charge in [-0.15, -0.1) is 0 Å². The van der Waals surface area contributed by atoms with Gasteiger partial charge in [-0.05, 0) is 39.4 Å². The van der Waals surface area contributed by atoms with E-state index in [1.54, 1.807) is 0 Å². The highest BCUT2D eigenvalue weighted by Crippen LogP contribution is 2.27. The third-order valence-electron chi connectivity index (χ3n) is 2.17. The van der Waals surface area contributed by atoms with Crippen LogP contribution in [-0.2, 0) is 4.79 Å². The number of halogens is 1. The molecule has 0 heterocycles. The Labute approximate surface area is 102 Å². The summed E-state index contributed by atoms with van der Waals surface area (Å²) in [7, 11) is 0. The maximum atomic E-state index is 11.0. The average molecular weight is 311 g/mol. The molecule has 1 N–H and O–H groups in total.